The number of halogens is 1. The molecule has 0 aliphatic heterocycles. The minimum absolute atomic E-state index is 0.0549. The molecule has 1 aliphatic rings. The zero-order valence-electron chi connectivity index (χ0n) is 10.1. The number of carbonyl (C=O) groups excluding carboxylic acids is 1. The van der Waals surface area contributed by atoms with Crippen molar-refractivity contribution in [1.29, 1.82) is 0 Å². The molecule has 1 atom stereocenters. The first-order valence-corrected chi connectivity index (χ1v) is 6.52. The van der Waals surface area contributed by atoms with E-state index in [0.717, 1.165) is 11.0 Å². The Labute approximate surface area is 110 Å². The Hall–Kier alpha value is -1.03. The van der Waals surface area contributed by atoms with Gasteiger partial charge < -0.3 is 11.1 Å². The third kappa shape index (κ3) is 3.00. The number of amides is 1. The van der Waals surface area contributed by atoms with Crippen LogP contribution in [0.1, 0.15) is 30.6 Å². The molecule has 1 amide bonds. The molecule has 1 aromatic carbocycles. The fourth-order valence-electron chi connectivity index (χ4n) is 1.99. The number of anilines is 1. The first-order chi connectivity index (χ1) is 7.88. The molecule has 0 heterocycles. The molecule has 0 bridgehead atoms. The van der Waals surface area contributed by atoms with Crippen LogP contribution in [-0.4, -0.2) is 12.5 Å². The maximum absolute atomic E-state index is 11.9. The van der Waals surface area contributed by atoms with E-state index in [9.17, 15) is 4.79 Å². The maximum atomic E-state index is 11.9. The van der Waals surface area contributed by atoms with Crippen LogP contribution in [0, 0.1) is 11.3 Å². The van der Waals surface area contributed by atoms with E-state index in [1.165, 1.54) is 6.42 Å². The van der Waals surface area contributed by atoms with Gasteiger partial charge in [0.2, 0.25) is 0 Å². The van der Waals surface area contributed by atoms with Gasteiger partial charge in [-0.25, -0.2) is 0 Å². The van der Waals surface area contributed by atoms with Gasteiger partial charge in [-0.1, -0.05) is 29.8 Å². The van der Waals surface area contributed by atoms with E-state index in [0.29, 0.717) is 22.6 Å². The Morgan fingerprint density at radius 3 is 2.71 bits per heavy atom. The Balaban J connectivity index is 1.95. The summed E-state index contributed by atoms with van der Waals surface area (Å²) in [6, 6.07) is 5.25. The molecule has 1 aliphatic carbocycles. The van der Waals surface area contributed by atoms with Gasteiger partial charge in [-0.3, -0.25) is 4.79 Å². The molecule has 0 aromatic heterocycles. The van der Waals surface area contributed by atoms with Crippen molar-refractivity contribution < 1.29 is 4.79 Å². The van der Waals surface area contributed by atoms with Gasteiger partial charge in [-0.15, -0.1) is 0 Å². The van der Waals surface area contributed by atoms with Crippen LogP contribution in [0.5, 0.6) is 0 Å². The van der Waals surface area contributed by atoms with Gasteiger partial charge in [0, 0.05) is 22.3 Å². The lowest BCUT2D eigenvalue weighted by Gasteiger charge is -2.07. The van der Waals surface area contributed by atoms with Gasteiger partial charge in [0.15, 0.2) is 0 Å². The lowest BCUT2D eigenvalue weighted by molar-refractivity contribution is 0.0950. The Morgan fingerprint density at radius 1 is 1.53 bits per heavy atom. The fraction of sp³-hybridized carbons (Fsp3) is 0.462. The number of benzene rings is 1. The summed E-state index contributed by atoms with van der Waals surface area (Å²) < 4.78 is 0.828. The van der Waals surface area contributed by atoms with Crippen molar-refractivity contribution in [1.82, 2.24) is 5.32 Å². The van der Waals surface area contributed by atoms with Crippen LogP contribution in [0.25, 0.3) is 0 Å². The number of nitrogens with two attached hydrogens (primary N) is 1. The molecule has 2 rings (SSSR count). The van der Waals surface area contributed by atoms with Crippen LogP contribution in [0.4, 0.5) is 5.69 Å². The minimum atomic E-state index is -0.0549. The van der Waals surface area contributed by atoms with Crippen molar-refractivity contribution in [2.24, 2.45) is 11.3 Å². The molecule has 3 nitrogen and oxygen atoms in total. The fourth-order valence-corrected chi connectivity index (χ4v) is 2.50. The van der Waals surface area contributed by atoms with Crippen molar-refractivity contribution >= 4 is 27.5 Å². The highest BCUT2D eigenvalue weighted by Gasteiger charge is 2.45. The molecule has 1 fully saturated rings. The normalized spacial score (nSPS) is 21.0. The number of hydrogen-bond acceptors (Lipinski definition) is 2. The van der Waals surface area contributed by atoms with E-state index in [1.54, 1.807) is 18.2 Å². The monoisotopic (exact) mass is 296 g/mol. The Kier molecular flexibility index (Phi) is 3.17. The third-order valence-electron chi connectivity index (χ3n) is 3.41. The van der Waals surface area contributed by atoms with Gasteiger partial charge in [0.25, 0.3) is 5.91 Å². The Morgan fingerprint density at radius 2 is 2.18 bits per heavy atom. The van der Waals surface area contributed by atoms with E-state index >= 15 is 0 Å². The van der Waals surface area contributed by atoms with Crippen LogP contribution in [0.15, 0.2) is 22.7 Å². The SMILES string of the molecule is CC1(C)CC1CNC(=O)c1cc(N)cc(Br)c1. The first-order valence-electron chi connectivity index (χ1n) is 5.73. The molecular formula is C13H17BrN2O. The summed E-state index contributed by atoms with van der Waals surface area (Å²) in [7, 11) is 0. The molecule has 0 spiro atoms. The quantitative estimate of drug-likeness (QED) is 0.843. The highest BCUT2D eigenvalue weighted by molar-refractivity contribution is 9.10. The second kappa shape index (κ2) is 4.33. The lowest BCUT2D eigenvalue weighted by Crippen LogP contribution is -2.26. The molecular weight excluding hydrogens is 280 g/mol. The summed E-state index contributed by atoms with van der Waals surface area (Å²) in [5, 5.41) is 2.96. The summed E-state index contributed by atoms with van der Waals surface area (Å²) in [6.45, 7) is 5.19. The predicted octanol–water partition coefficient (Wildman–Crippen LogP) is 2.81. The number of nitrogen functional groups attached to an aromatic ring is 1. The molecule has 17 heavy (non-hydrogen) atoms. The second-order valence-electron chi connectivity index (χ2n) is 5.37. The zero-order valence-corrected chi connectivity index (χ0v) is 11.7. The van der Waals surface area contributed by atoms with Crippen molar-refractivity contribution in [3.05, 3.63) is 28.2 Å². The van der Waals surface area contributed by atoms with E-state index in [1.807, 2.05) is 0 Å². The summed E-state index contributed by atoms with van der Waals surface area (Å²) >= 11 is 3.33. The molecule has 3 N–H and O–H groups in total. The largest absolute Gasteiger partial charge is 0.399 e. The highest BCUT2D eigenvalue weighted by atomic mass is 79.9. The molecule has 0 saturated heterocycles. The predicted molar refractivity (Wildman–Crippen MR) is 72.8 cm³/mol. The molecule has 1 saturated carbocycles. The number of nitrogens with one attached hydrogen (secondary N) is 1. The molecule has 4 heteroatoms. The Bertz CT molecular complexity index is 436. The van der Waals surface area contributed by atoms with Crippen LogP contribution in [-0.2, 0) is 0 Å². The van der Waals surface area contributed by atoms with Crippen LogP contribution >= 0.6 is 15.9 Å². The average Bonchev–Trinajstić information content (AvgIpc) is 2.81. The standard InChI is InChI=1S/C13H17BrN2O/c1-13(2)6-9(13)7-16-12(17)8-3-10(14)5-11(15)4-8/h3-5,9H,6-7,15H2,1-2H3,(H,16,17). The smallest absolute Gasteiger partial charge is 0.251 e. The summed E-state index contributed by atoms with van der Waals surface area (Å²) in [5.74, 6) is 0.552. The van der Waals surface area contributed by atoms with Gasteiger partial charge >= 0.3 is 0 Å². The minimum Gasteiger partial charge on any atom is -0.399 e. The number of carbonyl (C=O) groups is 1. The van der Waals surface area contributed by atoms with Crippen LogP contribution < -0.4 is 11.1 Å². The highest BCUT2D eigenvalue weighted by Crippen LogP contribution is 2.50. The van der Waals surface area contributed by atoms with E-state index in [-0.39, 0.29) is 5.91 Å². The topological polar surface area (TPSA) is 55.1 Å². The van der Waals surface area contributed by atoms with Crippen molar-refractivity contribution in [3.63, 3.8) is 0 Å². The second-order valence-corrected chi connectivity index (χ2v) is 6.29. The maximum Gasteiger partial charge on any atom is 0.251 e. The van der Waals surface area contributed by atoms with Crippen molar-refractivity contribution in [2.75, 3.05) is 12.3 Å². The van der Waals surface area contributed by atoms with E-state index < -0.39 is 0 Å². The zero-order chi connectivity index (χ0) is 12.6. The van der Waals surface area contributed by atoms with Crippen molar-refractivity contribution in [3.8, 4) is 0 Å². The molecule has 0 radical (unpaired) electrons. The van der Waals surface area contributed by atoms with Crippen LogP contribution in [0.3, 0.4) is 0 Å². The third-order valence-corrected chi connectivity index (χ3v) is 3.87. The van der Waals surface area contributed by atoms with Gasteiger partial charge in [0.1, 0.15) is 0 Å². The van der Waals surface area contributed by atoms with E-state index in [2.05, 4.69) is 35.1 Å². The van der Waals surface area contributed by atoms with Gasteiger partial charge in [-0.05, 0) is 36.0 Å². The van der Waals surface area contributed by atoms with Crippen molar-refractivity contribution in [2.45, 2.75) is 20.3 Å². The molecule has 1 aromatic rings. The summed E-state index contributed by atoms with van der Waals surface area (Å²) in [4.78, 5) is 11.9. The lowest BCUT2D eigenvalue weighted by atomic mass is 10.1. The number of rotatable bonds is 3. The summed E-state index contributed by atoms with van der Waals surface area (Å²) in [5.41, 5.74) is 7.29. The van der Waals surface area contributed by atoms with E-state index in [4.69, 9.17) is 5.73 Å². The van der Waals surface area contributed by atoms with Crippen LogP contribution in [0.2, 0.25) is 0 Å². The molecule has 1 unspecified atom stereocenters. The summed E-state index contributed by atoms with van der Waals surface area (Å²) in [6.07, 6.45) is 1.19. The average molecular weight is 297 g/mol. The van der Waals surface area contributed by atoms with Gasteiger partial charge in [0.05, 0.1) is 0 Å². The first kappa shape index (κ1) is 12.4. The van der Waals surface area contributed by atoms with Gasteiger partial charge in [-0.2, -0.15) is 0 Å². The number of hydrogen-bond donors (Lipinski definition) is 2. The molecule has 92 valence electrons.